The Bertz CT molecular complexity index is 582. The molecule has 1 unspecified atom stereocenters. The fraction of sp³-hybridized carbons (Fsp3) is 0.143. The molecule has 21 heavy (non-hydrogen) atoms. The predicted molar refractivity (Wildman–Crippen MR) is 80.7 cm³/mol. The maximum Gasteiger partial charge on any atom is 0.141 e. The number of rotatable bonds is 7. The van der Waals surface area contributed by atoms with Gasteiger partial charge in [-0.2, -0.15) is 0 Å². The normalized spacial score (nSPS) is 13.1. The van der Waals surface area contributed by atoms with Gasteiger partial charge < -0.3 is 21.9 Å². The molecular formula is C14H18FN5O. The number of benzene rings is 1. The lowest BCUT2D eigenvalue weighted by Gasteiger charge is -2.16. The molecule has 0 aromatic heterocycles. The van der Waals surface area contributed by atoms with Gasteiger partial charge in [0.25, 0.3) is 0 Å². The molecule has 112 valence electrons. The largest absolute Gasteiger partial charge is 0.516 e. The molecule has 0 radical (unpaired) electrons. The van der Waals surface area contributed by atoms with Gasteiger partial charge in [-0.3, -0.25) is 10.8 Å². The fourth-order valence-corrected chi connectivity index (χ4v) is 1.53. The minimum absolute atomic E-state index is 0.149. The summed E-state index contributed by atoms with van der Waals surface area (Å²) in [5, 5.41) is 26.4. The van der Waals surface area contributed by atoms with Gasteiger partial charge in [0.05, 0.1) is 18.0 Å². The lowest BCUT2D eigenvalue weighted by atomic mass is 10.1. The minimum Gasteiger partial charge on any atom is -0.516 e. The van der Waals surface area contributed by atoms with Crippen LogP contribution in [0.2, 0.25) is 0 Å². The maximum atomic E-state index is 13.5. The third-order valence-corrected chi connectivity index (χ3v) is 2.68. The molecule has 0 saturated carbocycles. The van der Waals surface area contributed by atoms with Crippen molar-refractivity contribution < 1.29 is 9.50 Å². The Morgan fingerprint density at radius 1 is 1.38 bits per heavy atom. The first-order chi connectivity index (χ1) is 9.95. The molecule has 0 fully saturated rings. The van der Waals surface area contributed by atoms with E-state index in [1.165, 1.54) is 18.2 Å². The summed E-state index contributed by atoms with van der Waals surface area (Å²) in [6, 6.07) is 5.51. The van der Waals surface area contributed by atoms with E-state index >= 15 is 0 Å². The standard InChI is InChI=1S/C14H18FN5O/c15-10-4-2-1-3-9(10)8-20-13(11(16)5-6-21)7-12(17)14(18)19/h1-7,11,17,20-21H,8,16H2,(H3,18,19)/b6-5-,13-7-,17-12?. The average molecular weight is 291 g/mol. The van der Waals surface area contributed by atoms with Gasteiger partial charge in [0.1, 0.15) is 11.7 Å². The van der Waals surface area contributed by atoms with Crippen molar-refractivity contribution in [3.05, 3.63) is 59.8 Å². The number of hydrogen-bond donors (Lipinski definition) is 6. The topological polar surface area (TPSA) is 132 Å². The Hall–Kier alpha value is -2.67. The zero-order chi connectivity index (χ0) is 15.8. The zero-order valence-electron chi connectivity index (χ0n) is 11.3. The third kappa shape index (κ3) is 5.07. The fourth-order valence-electron chi connectivity index (χ4n) is 1.53. The molecule has 0 bridgehead atoms. The Labute approximate surface area is 122 Å². The van der Waals surface area contributed by atoms with Crippen molar-refractivity contribution in [2.24, 2.45) is 11.5 Å². The van der Waals surface area contributed by atoms with E-state index in [2.05, 4.69) is 5.32 Å². The summed E-state index contributed by atoms with van der Waals surface area (Å²) in [5.74, 6) is -0.780. The van der Waals surface area contributed by atoms with E-state index in [4.69, 9.17) is 27.4 Å². The molecule has 6 nitrogen and oxygen atoms in total. The minimum atomic E-state index is -0.735. The Kier molecular flexibility index (Phi) is 6.09. The summed E-state index contributed by atoms with van der Waals surface area (Å²) in [6.07, 6.45) is 3.34. The Morgan fingerprint density at radius 2 is 2.05 bits per heavy atom. The van der Waals surface area contributed by atoms with Crippen molar-refractivity contribution in [3.8, 4) is 0 Å². The van der Waals surface area contributed by atoms with Crippen LogP contribution in [0.5, 0.6) is 0 Å². The molecular weight excluding hydrogens is 273 g/mol. The molecule has 0 saturated heterocycles. The van der Waals surface area contributed by atoms with E-state index in [-0.39, 0.29) is 18.1 Å². The van der Waals surface area contributed by atoms with Gasteiger partial charge in [0.15, 0.2) is 0 Å². The smallest absolute Gasteiger partial charge is 0.141 e. The molecule has 1 atom stereocenters. The van der Waals surface area contributed by atoms with Crippen molar-refractivity contribution in [2.75, 3.05) is 0 Å². The van der Waals surface area contributed by atoms with E-state index < -0.39 is 11.9 Å². The molecule has 0 amide bonds. The summed E-state index contributed by atoms with van der Waals surface area (Å²) in [4.78, 5) is 0. The van der Waals surface area contributed by atoms with Crippen LogP contribution >= 0.6 is 0 Å². The number of nitrogens with one attached hydrogen (secondary N) is 3. The first kappa shape index (κ1) is 16.4. The zero-order valence-corrected chi connectivity index (χ0v) is 11.3. The van der Waals surface area contributed by atoms with Gasteiger partial charge in [-0.1, -0.05) is 18.2 Å². The summed E-state index contributed by atoms with van der Waals surface area (Å²) < 4.78 is 13.5. The second-order valence-electron chi connectivity index (χ2n) is 4.24. The van der Waals surface area contributed by atoms with E-state index in [0.717, 1.165) is 6.26 Å². The SMILES string of the molecule is N=C(N)C(=N)/C=C(\NCc1ccccc1F)C(N)/C=C\O. The van der Waals surface area contributed by atoms with Crippen molar-refractivity contribution >= 4 is 11.5 Å². The second-order valence-corrected chi connectivity index (χ2v) is 4.24. The summed E-state index contributed by atoms with van der Waals surface area (Å²) >= 11 is 0. The molecule has 0 spiro atoms. The van der Waals surface area contributed by atoms with E-state index in [0.29, 0.717) is 11.3 Å². The van der Waals surface area contributed by atoms with Crippen molar-refractivity contribution in [1.29, 1.82) is 10.8 Å². The van der Waals surface area contributed by atoms with E-state index in [1.807, 2.05) is 0 Å². The molecule has 8 N–H and O–H groups in total. The summed E-state index contributed by atoms with van der Waals surface area (Å²) in [5.41, 5.74) is 11.5. The van der Waals surface area contributed by atoms with Crippen LogP contribution in [0.4, 0.5) is 4.39 Å². The quantitative estimate of drug-likeness (QED) is 0.255. The summed E-state index contributed by atoms with van der Waals surface area (Å²) in [6.45, 7) is 0.149. The summed E-state index contributed by atoms with van der Waals surface area (Å²) in [7, 11) is 0. The molecule has 1 aromatic rings. The van der Waals surface area contributed by atoms with Crippen molar-refractivity contribution in [3.63, 3.8) is 0 Å². The van der Waals surface area contributed by atoms with Crippen LogP contribution in [0.1, 0.15) is 5.56 Å². The van der Waals surface area contributed by atoms with Crippen LogP contribution < -0.4 is 16.8 Å². The van der Waals surface area contributed by atoms with Crippen molar-refractivity contribution in [1.82, 2.24) is 5.32 Å². The van der Waals surface area contributed by atoms with Gasteiger partial charge in [0.2, 0.25) is 0 Å². The molecule has 0 heterocycles. The highest BCUT2D eigenvalue weighted by Crippen LogP contribution is 2.08. The second kappa shape index (κ2) is 7.81. The first-order valence-corrected chi connectivity index (χ1v) is 6.14. The Morgan fingerprint density at radius 3 is 2.62 bits per heavy atom. The van der Waals surface area contributed by atoms with Gasteiger partial charge in [-0.15, -0.1) is 0 Å². The molecule has 1 aromatic carbocycles. The van der Waals surface area contributed by atoms with Crippen LogP contribution in [0.3, 0.4) is 0 Å². The molecule has 0 aliphatic carbocycles. The van der Waals surface area contributed by atoms with E-state index in [1.54, 1.807) is 18.2 Å². The van der Waals surface area contributed by atoms with Gasteiger partial charge >= 0.3 is 0 Å². The van der Waals surface area contributed by atoms with Crippen molar-refractivity contribution in [2.45, 2.75) is 12.6 Å². The number of amidine groups is 1. The molecule has 0 aliphatic heterocycles. The lowest BCUT2D eigenvalue weighted by Crippen LogP contribution is -2.32. The van der Waals surface area contributed by atoms with E-state index in [9.17, 15) is 4.39 Å². The maximum absolute atomic E-state index is 13.5. The molecule has 7 heteroatoms. The highest BCUT2D eigenvalue weighted by Gasteiger charge is 2.09. The third-order valence-electron chi connectivity index (χ3n) is 2.68. The van der Waals surface area contributed by atoms with Crippen LogP contribution in [-0.2, 0) is 6.54 Å². The van der Waals surface area contributed by atoms with Crippen LogP contribution in [0.15, 0.2) is 48.4 Å². The predicted octanol–water partition coefficient (Wildman–Crippen LogP) is 1.15. The number of aliphatic hydroxyl groups excluding tert-OH is 1. The monoisotopic (exact) mass is 291 g/mol. The number of nitrogens with two attached hydrogens (primary N) is 2. The number of halogens is 1. The lowest BCUT2D eigenvalue weighted by molar-refractivity contribution is 0.469. The van der Waals surface area contributed by atoms with Crippen LogP contribution in [0, 0.1) is 16.6 Å². The Balaban J connectivity index is 2.90. The van der Waals surface area contributed by atoms with Crippen LogP contribution in [0.25, 0.3) is 0 Å². The molecule has 1 rings (SSSR count). The van der Waals surface area contributed by atoms with Gasteiger partial charge in [-0.05, 0) is 18.2 Å². The number of hydrogen-bond acceptors (Lipinski definition) is 5. The average Bonchev–Trinajstić information content (AvgIpc) is 2.44. The first-order valence-electron chi connectivity index (χ1n) is 6.14. The molecule has 0 aliphatic rings. The number of aliphatic hydroxyl groups is 1. The highest BCUT2D eigenvalue weighted by atomic mass is 19.1. The highest BCUT2D eigenvalue weighted by molar-refractivity contribution is 6.42. The van der Waals surface area contributed by atoms with Gasteiger partial charge in [-0.25, -0.2) is 4.39 Å². The van der Waals surface area contributed by atoms with Crippen LogP contribution in [-0.4, -0.2) is 22.7 Å². The van der Waals surface area contributed by atoms with Gasteiger partial charge in [0, 0.05) is 17.8 Å².